The molecule has 0 bridgehead atoms. The molecule has 1 aromatic heterocycles. The van der Waals surface area contributed by atoms with Gasteiger partial charge >= 0.3 is 0 Å². The maximum Gasteiger partial charge on any atom is 0.139 e. The second-order valence-electron chi connectivity index (χ2n) is 5.25. The van der Waals surface area contributed by atoms with Gasteiger partial charge in [0.2, 0.25) is 0 Å². The average molecular weight is 234 g/mol. The van der Waals surface area contributed by atoms with Crippen LogP contribution in [0.15, 0.2) is 40.8 Å². The Labute approximate surface area is 106 Å². The summed E-state index contributed by atoms with van der Waals surface area (Å²) in [6.07, 6.45) is 1.00. The van der Waals surface area contributed by atoms with Crippen molar-refractivity contribution in [1.82, 2.24) is 0 Å². The first-order valence-corrected chi connectivity index (χ1v) is 6.34. The molecule has 4 rings (SSSR count). The summed E-state index contributed by atoms with van der Waals surface area (Å²) in [4.78, 5) is 0. The first kappa shape index (κ1) is 9.95. The molecule has 2 aromatic carbocycles. The second-order valence-corrected chi connectivity index (χ2v) is 5.25. The van der Waals surface area contributed by atoms with Gasteiger partial charge in [-0.3, -0.25) is 0 Å². The first-order valence-electron chi connectivity index (χ1n) is 6.34. The van der Waals surface area contributed by atoms with E-state index < -0.39 is 0 Å². The maximum absolute atomic E-state index is 6.06. The monoisotopic (exact) mass is 234 g/mol. The first-order chi connectivity index (χ1) is 8.72. The summed E-state index contributed by atoms with van der Waals surface area (Å²) in [5.41, 5.74) is 7.60. The van der Waals surface area contributed by atoms with Crippen LogP contribution in [0.25, 0.3) is 22.3 Å². The molecule has 0 N–H and O–H groups in total. The van der Waals surface area contributed by atoms with Crippen molar-refractivity contribution in [1.29, 1.82) is 0 Å². The zero-order valence-electron chi connectivity index (χ0n) is 10.6. The van der Waals surface area contributed by atoms with Gasteiger partial charge in [0.1, 0.15) is 11.3 Å². The zero-order chi connectivity index (χ0) is 12.3. The summed E-state index contributed by atoms with van der Waals surface area (Å²) in [7, 11) is 0. The van der Waals surface area contributed by atoms with Crippen molar-refractivity contribution in [3.63, 3.8) is 0 Å². The van der Waals surface area contributed by atoms with Crippen molar-refractivity contribution < 1.29 is 4.42 Å². The molecule has 18 heavy (non-hydrogen) atoms. The molecule has 0 unspecified atom stereocenters. The molecule has 3 aromatic rings. The molecule has 0 atom stereocenters. The van der Waals surface area contributed by atoms with Gasteiger partial charge in [-0.1, -0.05) is 35.9 Å². The van der Waals surface area contributed by atoms with E-state index >= 15 is 0 Å². The topological polar surface area (TPSA) is 13.1 Å². The molecule has 0 fully saturated rings. The Morgan fingerprint density at radius 1 is 0.944 bits per heavy atom. The van der Waals surface area contributed by atoms with Crippen molar-refractivity contribution in [3.05, 3.63) is 58.7 Å². The van der Waals surface area contributed by atoms with Gasteiger partial charge in [0.15, 0.2) is 0 Å². The minimum atomic E-state index is 1.00. The van der Waals surface area contributed by atoms with E-state index in [2.05, 4.69) is 50.2 Å². The number of benzene rings is 2. The predicted molar refractivity (Wildman–Crippen MR) is 73.9 cm³/mol. The number of hydrogen-bond donors (Lipinski definition) is 0. The van der Waals surface area contributed by atoms with E-state index in [1.807, 2.05) is 0 Å². The van der Waals surface area contributed by atoms with E-state index in [1.165, 1.54) is 33.2 Å². The Bertz CT molecular complexity index is 778. The van der Waals surface area contributed by atoms with Crippen LogP contribution in [0.2, 0.25) is 0 Å². The lowest BCUT2D eigenvalue weighted by Gasteiger charge is -2.00. The van der Waals surface area contributed by atoms with Gasteiger partial charge < -0.3 is 4.42 Å². The molecule has 0 spiro atoms. The van der Waals surface area contributed by atoms with Gasteiger partial charge in [0, 0.05) is 22.9 Å². The molecule has 1 nitrogen and oxygen atoms in total. The van der Waals surface area contributed by atoms with Gasteiger partial charge in [-0.15, -0.1) is 0 Å². The molecule has 0 saturated carbocycles. The van der Waals surface area contributed by atoms with Crippen LogP contribution in [0.1, 0.15) is 22.3 Å². The minimum Gasteiger partial charge on any atom is -0.456 e. The quantitative estimate of drug-likeness (QED) is 0.432. The molecule has 0 aliphatic heterocycles. The number of hydrogen-bond acceptors (Lipinski definition) is 1. The predicted octanol–water partition coefficient (Wildman–Crippen LogP) is 4.62. The highest BCUT2D eigenvalue weighted by molar-refractivity contribution is 5.92. The number of fused-ring (bicyclic) bond motifs is 5. The van der Waals surface area contributed by atoms with Crippen LogP contribution in [0.5, 0.6) is 0 Å². The molecule has 0 amide bonds. The fourth-order valence-corrected chi connectivity index (χ4v) is 2.93. The van der Waals surface area contributed by atoms with Crippen LogP contribution in [0.4, 0.5) is 0 Å². The Kier molecular flexibility index (Phi) is 1.80. The highest BCUT2D eigenvalue weighted by atomic mass is 16.3. The minimum absolute atomic E-state index is 1.00. The third kappa shape index (κ3) is 1.22. The van der Waals surface area contributed by atoms with E-state index in [-0.39, 0.29) is 0 Å². The average Bonchev–Trinajstić information content (AvgIpc) is 2.83. The summed E-state index contributed by atoms with van der Waals surface area (Å²) in [6.45, 7) is 4.24. The Hall–Kier alpha value is -2.02. The standard InChI is InChI=1S/C17H14O/c1-10-3-5-13-12(7-10)9-15-14-6-4-11(2)8-16(14)18-17(13)15/h3-8H,9H2,1-2H3. The molecular weight excluding hydrogens is 220 g/mol. The van der Waals surface area contributed by atoms with Crippen LogP contribution in [0.3, 0.4) is 0 Å². The van der Waals surface area contributed by atoms with Crippen LogP contribution < -0.4 is 0 Å². The molecule has 1 heteroatoms. The summed E-state index contributed by atoms with van der Waals surface area (Å²) < 4.78 is 6.06. The number of furan rings is 1. The fourth-order valence-electron chi connectivity index (χ4n) is 2.93. The van der Waals surface area contributed by atoms with Crippen LogP contribution in [0, 0.1) is 13.8 Å². The van der Waals surface area contributed by atoms with Crippen LogP contribution in [-0.2, 0) is 6.42 Å². The molecular formula is C17H14O. The van der Waals surface area contributed by atoms with Gasteiger partial charge in [-0.2, -0.15) is 0 Å². The van der Waals surface area contributed by atoms with Crippen molar-refractivity contribution in [2.45, 2.75) is 20.3 Å². The van der Waals surface area contributed by atoms with Crippen molar-refractivity contribution in [2.75, 3.05) is 0 Å². The van der Waals surface area contributed by atoms with E-state index in [0.29, 0.717) is 0 Å². The number of rotatable bonds is 0. The Morgan fingerprint density at radius 2 is 1.72 bits per heavy atom. The third-order valence-electron chi connectivity index (χ3n) is 3.82. The van der Waals surface area contributed by atoms with Crippen LogP contribution >= 0.6 is 0 Å². The molecule has 1 aliphatic carbocycles. The molecule has 88 valence electrons. The summed E-state index contributed by atoms with van der Waals surface area (Å²) in [6, 6.07) is 13.1. The van der Waals surface area contributed by atoms with Gasteiger partial charge in [-0.05, 0) is 31.0 Å². The van der Waals surface area contributed by atoms with E-state index in [9.17, 15) is 0 Å². The lowest BCUT2D eigenvalue weighted by atomic mass is 10.1. The van der Waals surface area contributed by atoms with Gasteiger partial charge in [0.05, 0.1) is 0 Å². The Morgan fingerprint density at radius 3 is 2.61 bits per heavy atom. The molecule has 0 radical (unpaired) electrons. The van der Waals surface area contributed by atoms with E-state index in [4.69, 9.17) is 4.42 Å². The van der Waals surface area contributed by atoms with Crippen molar-refractivity contribution in [2.24, 2.45) is 0 Å². The molecule has 1 aliphatic rings. The second kappa shape index (κ2) is 3.26. The van der Waals surface area contributed by atoms with Gasteiger partial charge in [-0.25, -0.2) is 0 Å². The summed E-state index contributed by atoms with van der Waals surface area (Å²) in [5, 5.41) is 1.27. The summed E-state index contributed by atoms with van der Waals surface area (Å²) in [5.74, 6) is 1.07. The van der Waals surface area contributed by atoms with Gasteiger partial charge in [0.25, 0.3) is 0 Å². The normalized spacial score (nSPS) is 12.8. The summed E-state index contributed by atoms with van der Waals surface area (Å²) >= 11 is 0. The lowest BCUT2D eigenvalue weighted by molar-refractivity contribution is 0.631. The van der Waals surface area contributed by atoms with E-state index in [0.717, 1.165) is 17.8 Å². The van der Waals surface area contributed by atoms with Crippen molar-refractivity contribution in [3.8, 4) is 11.3 Å². The zero-order valence-corrected chi connectivity index (χ0v) is 10.6. The van der Waals surface area contributed by atoms with Crippen LogP contribution in [-0.4, -0.2) is 0 Å². The molecule has 1 heterocycles. The Balaban J connectivity index is 2.04. The molecule has 0 saturated heterocycles. The maximum atomic E-state index is 6.06. The fraction of sp³-hybridized carbons (Fsp3) is 0.176. The van der Waals surface area contributed by atoms with Crippen molar-refractivity contribution >= 4 is 11.0 Å². The SMILES string of the molecule is Cc1ccc2c(c1)Cc1c-2oc2cc(C)ccc12. The largest absolute Gasteiger partial charge is 0.456 e. The smallest absolute Gasteiger partial charge is 0.139 e. The van der Waals surface area contributed by atoms with E-state index in [1.54, 1.807) is 0 Å². The third-order valence-corrected chi connectivity index (χ3v) is 3.82. The highest BCUT2D eigenvalue weighted by Crippen LogP contribution is 2.42. The highest BCUT2D eigenvalue weighted by Gasteiger charge is 2.24. The number of aryl methyl sites for hydroxylation is 2. The lowest BCUT2D eigenvalue weighted by Crippen LogP contribution is -1.83.